The minimum absolute atomic E-state index is 0.117. The molecule has 0 spiro atoms. The number of carbonyl (C=O) groups excluding carboxylic acids is 2. The van der Waals surface area contributed by atoms with Gasteiger partial charge >= 0.3 is 0 Å². The van der Waals surface area contributed by atoms with Crippen LogP contribution in [0.1, 0.15) is 50.4 Å². The maximum Gasteiger partial charge on any atom is 0.254 e. The van der Waals surface area contributed by atoms with E-state index in [0.29, 0.717) is 18.4 Å². The first-order chi connectivity index (χ1) is 20.7. The van der Waals surface area contributed by atoms with Crippen molar-refractivity contribution in [3.63, 3.8) is 0 Å². The Morgan fingerprint density at radius 1 is 0.791 bits per heavy atom. The lowest BCUT2D eigenvalue weighted by Crippen LogP contribution is -2.48. The third-order valence-electron chi connectivity index (χ3n) is 7.09. The Balaban J connectivity index is 1.49. The van der Waals surface area contributed by atoms with Crippen molar-refractivity contribution in [1.29, 1.82) is 0 Å². The highest BCUT2D eigenvalue weighted by molar-refractivity contribution is 6.00. The highest BCUT2D eigenvalue weighted by Crippen LogP contribution is 2.19. The number of carbonyl (C=O) groups is 2. The van der Waals surface area contributed by atoms with Gasteiger partial charge in [-0.15, -0.1) is 0 Å². The van der Waals surface area contributed by atoms with Crippen molar-refractivity contribution in [3.8, 4) is 5.75 Å². The lowest BCUT2D eigenvalue weighted by molar-refractivity contribution is 0.0826. The van der Waals surface area contributed by atoms with E-state index in [9.17, 15) is 23.5 Å². The van der Waals surface area contributed by atoms with E-state index in [1.807, 2.05) is 84.9 Å². The second-order valence-electron chi connectivity index (χ2n) is 10.2. The molecule has 0 saturated carbocycles. The minimum atomic E-state index is -1.12. The van der Waals surface area contributed by atoms with Crippen LogP contribution in [0.2, 0.25) is 0 Å². The summed E-state index contributed by atoms with van der Waals surface area (Å²) in [6.45, 7) is 2.29. The fourth-order valence-electron chi connectivity index (χ4n) is 4.68. The molecule has 0 aliphatic heterocycles. The zero-order valence-electron chi connectivity index (χ0n) is 24.0. The van der Waals surface area contributed by atoms with Crippen LogP contribution in [-0.4, -0.2) is 42.7 Å². The molecule has 4 aromatic carbocycles. The van der Waals surface area contributed by atoms with E-state index in [2.05, 4.69) is 16.0 Å². The molecular weight excluding hydrogens is 552 g/mol. The van der Waals surface area contributed by atoms with Crippen molar-refractivity contribution in [2.45, 2.75) is 38.1 Å². The molecule has 0 aliphatic rings. The number of benzene rings is 4. The molecule has 3 atom stereocenters. The number of amides is 2. The molecule has 0 aromatic heterocycles. The SMILES string of the molecule is COc1cccc(CNCC(O)C(Cc2ccccc2)NC(=O)c2cc(C(=O)NC(C)c3ccccc3)c(F)cc2F)c1. The minimum Gasteiger partial charge on any atom is -0.497 e. The predicted molar refractivity (Wildman–Crippen MR) is 161 cm³/mol. The second-order valence-corrected chi connectivity index (χ2v) is 10.2. The molecular formula is C34H35F2N3O4. The predicted octanol–water partition coefficient (Wildman–Crippen LogP) is 4.96. The summed E-state index contributed by atoms with van der Waals surface area (Å²) in [4.78, 5) is 26.2. The summed E-state index contributed by atoms with van der Waals surface area (Å²) < 4.78 is 34.8. The van der Waals surface area contributed by atoms with Gasteiger partial charge in [-0.05, 0) is 48.2 Å². The van der Waals surface area contributed by atoms with E-state index in [0.717, 1.165) is 22.8 Å². The van der Waals surface area contributed by atoms with Gasteiger partial charge in [0.25, 0.3) is 11.8 Å². The molecule has 0 aliphatic carbocycles. The molecule has 9 heteroatoms. The van der Waals surface area contributed by atoms with Crippen LogP contribution in [0.15, 0.2) is 97.1 Å². The van der Waals surface area contributed by atoms with Crippen LogP contribution in [-0.2, 0) is 13.0 Å². The monoisotopic (exact) mass is 587 g/mol. The lowest BCUT2D eigenvalue weighted by Gasteiger charge is -2.25. The van der Waals surface area contributed by atoms with Crippen LogP contribution in [0.4, 0.5) is 8.78 Å². The van der Waals surface area contributed by atoms with Crippen LogP contribution in [0.5, 0.6) is 5.75 Å². The fourth-order valence-corrected chi connectivity index (χ4v) is 4.68. The van der Waals surface area contributed by atoms with Crippen molar-refractivity contribution < 1.29 is 28.2 Å². The zero-order chi connectivity index (χ0) is 30.8. The van der Waals surface area contributed by atoms with Crippen molar-refractivity contribution in [3.05, 3.63) is 137 Å². The number of hydrogen-bond donors (Lipinski definition) is 4. The number of hydrogen-bond acceptors (Lipinski definition) is 5. The van der Waals surface area contributed by atoms with E-state index < -0.39 is 52.8 Å². The largest absolute Gasteiger partial charge is 0.497 e. The molecule has 4 aromatic rings. The van der Waals surface area contributed by atoms with Crippen LogP contribution in [0.3, 0.4) is 0 Å². The Morgan fingerprint density at radius 2 is 1.40 bits per heavy atom. The average molecular weight is 588 g/mol. The van der Waals surface area contributed by atoms with Crippen LogP contribution in [0, 0.1) is 11.6 Å². The van der Waals surface area contributed by atoms with E-state index >= 15 is 0 Å². The number of halogens is 2. The summed E-state index contributed by atoms with van der Waals surface area (Å²) in [5, 5.41) is 19.6. The summed E-state index contributed by atoms with van der Waals surface area (Å²) >= 11 is 0. The molecule has 0 bridgehead atoms. The average Bonchev–Trinajstić information content (AvgIpc) is 3.01. The van der Waals surface area contributed by atoms with E-state index in [4.69, 9.17) is 4.74 Å². The Hall–Kier alpha value is -4.60. The Labute approximate surface area is 249 Å². The quantitative estimate of drug-likeness (QED) is 0.177. The van der Waals surface area contributed by atoms with Crippen molar-refractivity contribution in [2.75, 3.05) is 13.7 Å². The number of aliphatic hydroxyl groups is 1. The Kier molecular flexibility index (Phi) is 11.0. The lowest BCUT2D eigenvalue weighted by atomic mass is 10.00. The van der Waals surface area contributed by atoms with Crippen molar-refractivity contribution >= 4 is 11.8 Å². The first kappa shape index (κ1) is 31.3. The molecule has 4 N–H and O–H groups in total. The van der Waals surface area contributed by atoms with Gasteiger partial charge in [0.2, 0.25) is 0 Å². The van der Waals surface area contributed by atoms with Crippen molar-refractivity contribution in [2.24, 2.45) is 0 Å². The van der Waals surface area contributed by atoms with E-state index in [-0.39, 0.29) is 13.0 Å². The maximum absolute atomic E-state index is 14.9. The zero-order valence-corrected chi connectivity index (χ0v) is 24.0. The summed E-state index contributed by atoms with van der Waals surface area (Å²) in [6, 6.07) is 25.9. The van der Waals surface area contributed by atoms with Gasteiger partial charge in [0.15, 0.2) is 0 Å². The number of ether oxygens (including phenoxy) is 1. The fraction of sp³-hybridized carbons (Fsp3) is 0.235. The highest BCUT2D eigenvalue weighted by Gasteiger charge is 2.26. The summed E-state index contributed by atoms with van der Waals surface area (Å²) in [5.74, 6) is -3.17. The first-order valence-electron chi connectivity index (χ1n) is 14.0. The third-order valence-corrected chi connectivity index (χ3v) is 7.09. The van der Waals surface area contributed by atoms with Gasteiger partial charge in [0, 0.05) is 19.2 Å². The smallest absolute Gasteiger partial charge is 0.254 e. The Morgan fingerprint density at radius 3 is 2.05 bits per heavy atom. The first-order valence-corrected chi connectivity index (χ1v) is 14.0. The molecule has 3 unspecified atom stereocenters. The van der Waals surface area contributed by atoms with Crippen molar-refractivity contribution in [1.82, 2.24) is 16.0 Å². The van der Waals surface area contributed by atoms with Gasteiger partial charge in [-0.3, -0.25) is 9.59 Å². The molecule has 43 heavy (non-hydrogen) atoms. The van der Waals surface area contributed by atoms with Gasteiger partial charge in [-0.2, -0.15) is 0 Å². The van der Waals surface area contributed by atoms with Gasteiger partial charge < -0.3 is 25.8 Å². The number of aliphatic hydroxyl groups excluding tert-OH is 1. The summed E-state index contributed by atoms with van der Waals surface area (Å²) in [6.07, 6.45) is -0.813. The molecule has 4 rings (SSSR count). The molecule has 0 heterocycles. The van der Waals surface area contributed by atoms with Crippen LogP contribution in [0.25, 0.3) is 0 Å². The number of rotatable bonds is 13. The van der Waals surface area contributed by atoms with Crippen LogP contribution >= 0.6 is 0 Å². The third kappa shape index (κ3) is 8.70. The number of nitrogens with one attached hydrogen (secondary N) is 3. The van der Waals surface area contributed by atoms with E-state index in [1.54, 1.807) is 14.0 Å². The maximum atomic E-state index is 14.9. The van der Waals surface area contributed by atoms with Gasteiger partial charge in [-0.25, -0.2) is 8.78 Å². The molecule has 0 saturated heterocycles. The normalized spacial score (nSPS) is 13.0. The summed E-state index contributed by atoms with van der Waals surface area (Å²) in [7, 11) is 1.58. The molecule has 2 amide bonds. The highest BCUT2D eigenvalue weighted by atomic mass is 19.1. The number of methoxy groups -OCH3 is 1. The van der Waals surface area contributed by atoms with Gasteiger partial charge in [0.05, 0.1) is 36.4 Å². The topological polar surface area (TPSA) is 99.7 Å². The molecule has 224 valence electrons. The van der Waals surface area contributed by atoms with E-state index in [1.165, 1.54) is 0 Å². The standard InChI is InChI=1S/C34H35F2N3O4/c1-22(25-13-7-4-8-14-25)38-33(41)27-18-28(30(36)19-29(27)35)34(42)39-31(17-23-10-5-3-6-11-23)32(40)21-37-20-24-12-9-15-26(16-24)43-2/h3-16,18-19,22,31-32,37,40H,17,20-21H2,1-2H3,(H,38,41)(H,39,42). The van der Waals surface area contributed by atoms with Gasteiger partial charge in [0.1, 0.15) is 17.4 Å². The molecule has 0 fully saturated rings. The van der Waals surface area contributed by atoms with Crippen LogP contribution < -0.4 is 20.7 Å². The summed E-state index contributed by atoms with van der Waals surface area (Å²) in [5.41, 5.74) is 1.61. The second kappa shape index (κ2) is 15.0. The Bertz CT molecular complexity index is 1520. The molecule has 0 radical (unpaired) electrons. The van der Waals surface area contributed by atoms with Gasteiger partial charge in [-0.1, -0.05) is 72.8 Å². The molecule has 7 nitrogen and oxygen atoms in total.